The summed E-state index contributed by atoms with van der Waals surface area (Å²) in [6, 6.07) is 2.64. The summed E-state index contributed by atoms with van der Waals surface area (Å²) in [4.78, 5) is 51.4. The number of alkyl halides is 1. The number of nitrogens with one attached hydrogen (secondary N) is 2. The lowest BCUT2D eigenvalue weighted by Crippen LogP contribution is -2.57. The highest BCUT2D eigenvalue weighted by atomic mass is 19.1. The van der Waals surface area contributed by atoms with E-state index in [9.17, 15) is 28.7 Å². The average Bonchev–Trinajstić information content (AvgIpc) is 3.08. The van der Waals surface area contributed by atoms with Crippen molar-refractivity contribution in [3.8, 4) is 0 Å². The Morgan fingerprint density at radius 3 is 2.66 bits per heavy atom. The molecular weight excluding hydrogens is 421 g/mol. The van der Waals surface area contributed by atoms with E-state index < -0.39 is 48.5 Å². The number of carbonyl (C=O) groups excluding carboxylic acids is 3. The minimum Gasteiger partial charge on any atom is -0.480 e. The van der Waals surface area contributed by atoms with Gasteiger partial charge in [-0.1, -0.05) is 32.0 Å². The molecule has 32 heavy (non-hydrogen) atoms. The van der Waals surface area contributed by atoms with E-state index in [1.807, 2.05) is 18.2 Å². The number of hydrogen-bond acceptors (Lipinski definition) is 5. The fourth-order valence-corrected chi connectivity index (χ4v) is 4.19. The SMILES string of the molecule is CC(C)[C@H](NC(=O)COCCF)C(=O)N[C@H]1CCc2cccc3c2N(C1=O)[C@H](C(=O)O)C3. The zero-order valence-electron chi connectivity index (χ0n) is 18.1. The molecule has 3 atom stereocenters. The highest BCUT2D eigenvalue weighted by Crippen LogP contribution is 2.39. The van der Waals surface area contributed by atoms with E-state index in [2.05, 4.69) is 10.6 Å². The van der Waals surface area contributed by atoms with Crippen LogP contribution in [0.2, 0.25) is 0 Å². The molecule has 2 aliphatic rings. The van der Waals surface area contributed by atoms with Crippen molar-refractivity contribution < 1.29 is 33.4 Å². The minimum atomic E-state index is -1.10. The van der Waals surface area contributed by atoms with Gasteiger partial charge in [-0.15, -0.1) is 0 Å². The molecular formula is C22H28FN3O6. The maximum absolute atomic E-state index is 13.3. The Bertz CT molecular complexity index is 906. The Morgan fingerprint density at radius 1 is 1.28 bits per heavy atom. The van der Waals surface area contributed by atoms with E-state index in [4.69, 9.17) is 4.74 Å². The molecule has 9 nitrogen and oxygen atoms in total. The van der Waals surface area contributed by atoms with Crippen molar-refractivity contribution in [1.82, 2.24) is 10.6 Å². The average molecular weight is 449 g/mol. The van der Waals surface area contributed by atoms with Gasteiger partial charge in [0.05, 0.1) is 12.3 Å². The molecule has 3 N–H and O–H groups in total. The van der Waals surface area contributed by atoms with Crippen molar-refractivity contribution in [1.29, 1.82) is 0 Å². The Morgan fingerprint density at radius 2 is 2.00 bits per heavy atom. The number of anilines is 1. The molecule has 2 aliphatic heterocycles. The Hall–Kier alpha value is -3.01. The number of benzene rings is 1. The normalized spacial score (nSPS) is 20.5. The van der Waals surface area contributed by atoms with Crippen molar-refractivity contribution >= 4 is 29.4 Å². The van der Waals surface area contributed by atoms with Gasteiger partial charge in [0.15, 0.2) is 0 Å². The number of rotatable bonds is 9. The minimum absolute atomic E-state index is 0.217. The predicted molar refractivity (Wildman–Crippen MR) is 113 cm³/mol. The topological polar surface area (TPSA) is 125 Å². The molecule has 3 amide bonds. The fourth-order valence-electron chi connectivity index (χ4n) is 4.19. The summed E-state index contributed by atoms with van der Waals surface area (Å²) in [6.07, 6.45) is 1.02. The smallest absolute Gasteiger partial charge is 0.327 e. The standard InChI is InChI=1S/C22H28FN3O6/c1-12(2)18(25-17(27)11-32-9-8-23)20(28)24-15-7-6-13-4-3-5-14-10-16(22(30)31)26(19(13)14)21(15)29/h3-5,12,15-16,18H,6-11H2,1-2H3,(H,24,28)(H,25,27)(H,30,31)/t15-,16-,18-/m0/s1. The molecule has 0 radical (unpaired) electrons. The molecule has 0 bridgehead atoms. The van der Waals surface area contributed by atoms with Crippen molar-refractivity contribution in [2.75, 3.05) is 24.8 Å². The number of hydrogen-bond donors (Lipinski definition) is 3. The van der Waals surface area contributed by atoms with Crippen molar-refractivity contribution in [3.05, 3.63) is 29.3 Å². The summed E-state index contributed by atoms with van der Waals surface area (Å²) in [5.74, 6) is -2.98. The van der Waals surface area contributed by atoms with Crippen LogP contribution in [-0.2, 0) is 36.8 Å². The van der Waals surface area contributed by atoms with E-state index in [0.717, 1.165) is 11.1 Å². The van der Waals surface area contributed by atoms with Gasteiger partial charge in [0.25, 0.3) is 0 Å². The second kappa shape index (κ2) is 10.1. The molecule has 2 heterocycles. The summed E-state index contributed by atoms with van der Waals surface area (Å²) in [5, 5.41) is 14.9. The number of halogens is 1. The Labute approximate surface area is 185 Å². The third-order valence-electron chi connectivity index (χ3n) is 5.73. The lowest BCUT2D eigenvalue weighted by Gasteiger charge is -2.28. The molecule has 10 heteroatoms. The van der Waals surface area contributed by atoms with Crippen LogP contribution in [0, 0.1) is 5.92 Å². The summed E-state index contributed by atoms with van der Waals surface area (Å²) < 4.78 is 17.0. The van der Waals surface area contributed by atoms with Gasteiger partial charge in [-0.3, -0.25) is 19.3 Å². The first-order valence-electron chi connectivity index (χ1n) is 10.6. The third-order valence-corrected chi connectivity index (χ3v) is 5.73. The molecule has 3 rings (SSSR count). The molecule has 0 saturated carbocycles. The van der Waals surface area contributed by atoms with E-state index in [0.29, 0.717) is 18.5 Å². The second-order valence-corrected chi connectivity index (χ2v) is 8.32. The second-order valence-electron chi connectivity index (χ2n) is 8.32. The van der Waals surface area contributed by atoms with Crippen LogP contribution in [0.25, 0.3) is 0 Å². The van der Waals surface area contributed by atoms with E-state index in [1.54, 1.807) is 13.8 Å². The van der Waals surface area contributed by atoms with Crippen LogP contribution in [0.15, 0.2) is 18.2 Å². The summed E-state index contributed by atoms with van der Waals surface area (Å²) in [5.41, 5.74) is 2.30. The van der Waals surface area contributed by atoms with Crippen LogP contribution in [-0.4, -0.2) is 66.8 Å². The number of aryl methyl sites for hydroxylation is 1. The first kappa shape index (κ1) is 23.6. The van der Waals surface area contributed by atoms with E-state index in [1.165, 1.54) is 4.90 Å². The van der Waals surface area contributed by atoms with Crippen LogP contribution >= 0.6 is 0 Å². The van der Waals surface area contributed by atoms with Gasteiger partial charge in [0.2, 0.25) is 17.7 Å². The largest absolute Gasteiger partial charge is 0.480 e. The molecule has 0 aliphatic carbocycles. The van der Waals surface area contributed by atoms with Crippen molar-refractivity contribution in [2.45, 2.75) is 51.2 Å². The van der Waals surface area contributed by atoms with Crippen LogP contribution < -0.4 is 15.5 Å². The highest BCUT2D eigenvalue weighted by molar-refractivity contribution is 6.07. The first-order valence-corrected chi connectivity index (χ1v) is 10.6. The number of carbonyl (C=O) groups is 4. The summed E-state index contributed by atoms with van der Waals surface area (Å²) >= 11 is 0. The van der Waals surface area contributed by atoms with Crippen LogP contribution in [0.4, 0.5) is 10.1 Å². The van der Waals surface area contributed by atoms with E-state index in [-0.39, 0.29) is 25.6 Å². The van der Waals surface area contributed by atoms with Gasteiger partial charge in [0.1, 0.15) is 31.4 Å². The van der Waals surface area contributed by atoms with Crippen molar-refractivity contribution in [2.24, 2.45) is 5.92 Å². The molecule has 0 fully saturated rings. The number of nitrogens with zero attached hydrogens (tertiary/aromatic N) is 1. The predicted octanol–water partition coefficient (Wildman–Crippen LogP) is 0.587. The first-order chi connectivity index (χ1) is 15.2. The molecule has 0 spiro atoms. The lowest BCUT2D eigenvalue weighted by molar-refractivity contribution is -0.140. The quantitative estimate of drug-likeness (QED) is 0.474. The van der Waals surface area contributed by atoms with Gasteiger partial charge in [-0.05, 0) is 29.9 Å². The van der Waals surface area contributed by atoms with Gasteiger partial charge < -0.3 is 20.5 Å². The lowest BCUT2D eigenvalue weighted by atomic mass is 10.00. The summed E-state index contributed by atoms with van der Waals surface area (Å²) in [6.45, 7) is 2.17. The molecule has 1 aromatic rings. The van der Waals surface area contributed by atoms with Gasteiger partial charge >= 0.3 is 5.97 Å². The number of carboxylic acid groups (broad SMARTS) is 1. The highest BCUT2D eigenvalue weighted by Gasteiger charge is 2.44. The fraction of sp³-hybridized carbons (Fsp3) is 0.545. The number of carboxylic acids is 1. The van der Waals surface area contributed by atoms with E-state index >= 15 is 0 Å². The number of para-hydroxylation sites is 1. The van der Waals surface area contributed by atoms with Gasteiger partial charge in [0, 0.05) is 6.42 Å². The molecule has 1 aromatic carbocycles. The number of ether oxygens (including phenoxy) is 1. The number of amides is 3. The number of aliphatic carboxylic acids is 1. The maximum Gasteiger partial charge on any atom is 0.327 e. The molecule has 0 saturated heterocycles. The zero-order valence-corrected chi connectivity index (χ0v) is 18.1. The Kier molecular flexibility index (Phi) is 7.44. The van der Waals surface area contributed by atoms with Crippen LogP contribution in [0.3, 0.4) is 0 Å². The van der Waals surface area contributed by atoms with Crippen LogP contribution in [0.5, 0.6) is 0 Å². The summed E-state index contributed by atoms with van der Waals surface area (Å²) in [7, 11) is 0. The third kappa shape index (κ3) is 4.90. The van der Waals surface area contributed by atoms with Gasteiger partial charge in [-0.2, -0.15) is 0 Å². The monoisotopic (exact) mass is 449 g/mol. The Balaban J connectivity index is 1.75. The zero-order chi connectivity index (χ0) is 23.4. The maximum atomic E-state index is 13.3. The van der Waals surface area contributed by atoms with Crippen LogP contribution in [0.1, 0.15) is 31.4 Å². The molecule has 0 aromatic heterocycles. The molecule has 0 unspecified atom stereocenters. The van der Waals surface area contributed by atoms with Crippen molar-refractivity contribution in [3.63, 3.8) is 0 Å². The van der Waals surface area contributed by atoms with Gasteiger partial charge in [-0.25, -0.2) is 9.18 Å². The molecule has 174 valence electrons.